The molecule has 152 valence electrons. The molecule has 0 atom stereocenters. The van der Waals surface area contributed by atoms with Crippen molar-refractivity contribution in [2.75, 3.05) is 31.6 Å². The molecule has 1 aromatic heterocycles. The quantitative estimate of drug-likeness (QED) is 0.563. The van der Waals surface area contributed by atoms with Gasteiger partial charge in [-0.3, -0.25) is 4.99 Å². The number of hydrogen-bond acceptors (Lipinski definition) is 4. The minimum atomic E-state index is -4.31. The zero-order valence-corrected chi connectivity index (χ0v) is 16.5. The molecule has 0 amide bonds. The van der Waals surface area contributed by atoms with Gasteiger partial charge in [0.05, 0.1) is 11.3 Å². The molecule has 1 aliphatic rings. The largest absolute Gasteiger partial charge is 0.416 e. The number of nitrogens with one attached hydrogen (secondary N) is 2. The van der Waals surface area contributed by atoms with E-state index in [9.17, 15) is 13.2 Å². The number of guanidine groups is 1. The summed E-state index contributed by atoms with van der Waals surface area (Å²) in [7, 11) is 1.66. The van der Waals surface area contributed by atoms with Crippen molar-refractivity contribution in [1.29, 1.82) is 0 Å². The van der Waals surface area contributed by atoms with Crippen molar-refractivity contribution in [3.63, 3.8) is 0 Å². The highest BCUT2D eigenvalue weighted by molar-refractivity contribution is 7.13. The first-order valence-electron chi connectivity index (χ1n) is 9.26. The van der Waals surface area contributed by atoms with Crippen molar-refractivity contribution in [1.82, 2.24) is 15.6 Å². The Morgan fingerprint density at radius 3 is 2.54 bits per heavy atom. The number of hydrogen-bond donors (Lipinski definition) is 2. The zero-order valence-electron chi connectivity index (χ0n) is 15.7. The van der Waals surface area contributed by atoms with Gasteiger partial charge in [-0.1, -0.05) is 12.1 Å². The Morgan fingerprint density at radius 1 is 1.18 bits per heavy atom. The van der Waals surface area contributed by atoms with E-state index in [0.29, 0.717) is 19.0 Å². The highest BCUT2D eigenvalue weighted by atomic mass is 32.1. The van der Waals surface area contributed by atoms with Gasteiger partial charge in [0.1, 0.15) is 0 Å². The summed E-state index contributed by atoms with van der Waals surface area (Å²) >= 11 is 1.68. The summed E-state index contributed by atoms with van der Waals surface area (Å²) in [5.41, 5.74) is 1.17. The zero-order chi connectivity index (χ0) is 20.0. The van der Waals surface area contributed by atoms with Crippen LogP contribution in [0.4, 0.5) is 18.3 Å². The monoisotopic (exact) mass is 411 g/mol. The fraction of sp³-hybridized carbons (Fsp3) is 0.474. The van der Waals surface area contributed by atoms with Crippen LogP contribution in [0.5, 0.6) is 0 Å². The third-order valence-corrected chi connectivity index (χ3v) is 5.50. The van der Waals surface area contributed by atoms with E-state index in [4.69, 9.17) is 0 Å². The summed E-state index contributed by atoms with van der Waals surface area (Å²) in [6, 6.07) is 5.12. The molecule has 2 heterocycles. The number of anilines is 1. The van der Waals surface area contributed by atoms with E-state index in [2.05, 4.69) is 30.9 Å². The SMILES string of the molecule is CN=C(NCCc1csc(N2CCCC2)n1)NCc1ccc(C(F)(F)F)cc1. The van der Waals surface area contributed by atoms with Crippen molar-refractivity contribution in [2.45, 2.75) is 32.0 Å². The maximum absolute atomic E-state index is 12.6. The molecule has 2 aromatic rings. The number of halogens is 3. The summed E-state index contributed by atoms with van der Waals surface area (Å²) in [5.74, 6) is 0.606. The number of thiazole rings is 1. The average molecular weight is 411 g/mol. The van der Waals surface area contributed by atoms with Gasteiger partial charge in [0.2, 0.25) is 0 Å². The maximum Gasteiger partial charge on any atom is 0.416 e. The predicted octanol–water partition coefficient (Wildman–Crippen LogP) is 3.67. The van der Waals surface area contributed by atoms with Gasteiger partial charge in [-0.15, -0.1) is 11.3 Å². The lowest BCUT2D eigenvalue weighted by Crippen LogP contribution is -2.37. The third kappa shape index (κ3) is 5.60. The Bertz CT molecular complexity index is 780. The molecule has 0 saturated carbocycles. The Labute approximate surface area is 166 Å². The second-order valence-electron chi connectivity index (χ2n) is 6.61. The minimum absolute atomic E-state index is 0.396. The summed E-state index contributed by atoms with van der Waals surface area (Å²) < 4.78 is 37.8. The van der Waals surface area contributed by atoms with Crippen molar-refractivity contribution in [3.8, 4) is 0 Å². The lowest BCUT2D eigenvalue weighted by Gasteiger charge is -2.13. The summed E-state index contributed by atoms with van der Waals surface area (Å²) in [4.78, 5) is 11.2. The molecule has 2 N–H and O–H groups in total. The molecule has 1 fully saturated rings. The van der Waals surface area contributed by atoms with Crippen LogP contribution in [-0.4, -0.2) is 37.6 Å². The van der Waals surface area contributed by atoms with E-state index in [0.717, 1.165) is 48.0 Å². The van der Waals surface area contributed by atoms with Crippen LogP contribution in [-0.2, 0) is 19.1 Å². The Morgan fingerprint density at radius 2 is 1.89 bits per heavy atom. The number of alkyl halides is 3. The predicted molar refractivity (Wildman–Crippen MR) is 107 cm³/mol. The molecular formula is C19H24F3N5S. The molecule has 0 aliphatic carbocycles. The van der Waals surface area contributed by atoms with Crippen LogP contribution in [0.25, 0.3) is 0 Å². The van der Waals surface area contributed by atoms with Gasteiger partial charge in [0.15, 0.2) is 11.1 Å². The third-order valence-electron chi connectivity index (χ3n) is 4.55. The molecule has 5 nitrogen and oxygen atoms in total. The Hall–Kier alpha value is -2.29. The van der Waals surface area contributed by atoms with Crippen LogP contribution in [0.15, 0.2) is 34.6 Å². The van der Waals surface area contributed by atoms with Gasteiger partial charge in [-0.2, -0.15) is 13.2 Å². The van der Waals surface area contributed by atoms with Crippen molar-refractivity contribution < 1.29 is 13.2 Å². The number of aromatic nitrogens is 1. The first-order chi connectivity index (χ1) is 13.5. The van der Waals surface area contributed by atoms with Crippen LogP contribution in [0.1, 0.15) is 29.7 Å². The van der Waals surface area contributed by atoms with E-state index in [1.807, 2.05) is 0 Å². The van der Waals surface area contributed by atoms with Gasteiger partial charge >= 0.3 is 6.18 Å². The lowest BCUT2D eigenvalue weighted by molar-refractivity contribution is -0.137. The molecule has 1 aliphatic heterocycles. The molecule has 1 saturated heterocycles. The number of benzene rings is 1. The summed E-state index contributed by atoms with van der Waals surface area (Å²) in [6.07, 6.45) is -1.06. The molecule has 28 heavy (non-hydrogen) atoms. The molecule has 0 spiro atoms. The smallest absolute Gasteiger partial charge is 0.356 e. The average Bonchev–Trinajstić information content (AvgIpc) is 3.35. The molecule has 0 unspecified atom stereocenters. The van der Waals surface area contributed by atoms with Gasteiger partial charge in [0, 0.05) is 45.0 Å². The molecule has 3 rings (SSSR count). The van der Waals surface area contributed by atoms with E-state index < -0.39 is 11.7 Å². The van der Waals surface area contributed by atoms with Gasteiger partial charge < -0.3 is 15.5 Å². The van der Waals surface area contributed by atoms with Crippen LogP contribution < -0.4 is 15.5 Å². The lowest BCUT2D eigenvalue weighted by atomic mass is 10.1. The first-order valence-corrected chi connectivity index (χ1v) is 10.1. The molecular weight excluding hydrogens is 387 g/mol. The highest BCUT2D eigenvalue weighted by Gasteiger charge is 2.29. The topological polar surface area (TPSA) is 52.6 Å². The maximum atomic E-state index is 12.6. The number of aliphatic imine (C=N–C) groups is 1. The van der Waals surface area contributed by atoms with Gasteiger partial charge in [-0.25, -0.2) is 4.98 Å². The Kier molecular flexibility index (Phi) is 6.77. The fourth-order valence-corrected chi connectivity index (χ4v) is 3.91. The van der Waals surface area contributed by atoms with E-state index in [-0.39, 0.29) is 0 Å². The van der Waals surface area contributed by atoms with Gasteiger partial charge in [0.25, 0.3) is 0 Å². The second-order valence-corrected chi connectivity index (χ2v) is 7.45. The minimum Gasteiger partial charge on any atom is -0.356 e. The van der Waals surface area contributed by atoms with Crippen LogP contribution in [0, 0.1) is 0 Å². The molecule has 9 heteroatoms. The van der Waals surface area contributed by atoms with Crippen molar-refractivity contribution in [2.24, 2.45) is 4.99 Å². The van der Waals surface area contributed by atoms with E-state index >= 15 is 0 Å². The number of rotatable bonds is 6. The molecule has 1 aromatic carbocycles. The van der Waals surface area contributed by atoms with Crippen molar-refractivity contribution >= 4 is 22.4 Å². The van der Waals surface area contributed by atoms with Crippen molar-refractivity contribution in [3.05, 3.63) is 46.5 Å². The van der Waals surface area contributed by atoms with Gasteiger partial charge in [-0.05, 0) is 30.5 Å². The second kappa shape index (κ2) is 9.27. The van der Waals surface area contributed by atoms with Crippen LogP contribution >= 0.6 is 11.3 Å². The van der Waals surface area contributed by atoms with E-state index in [1.54, 1.807) is 18.4 Å². The number of nitrogens with zero attached hydrogens (tertiary/aromatic N) is 3. The summed E-state index contributed by atoms with van der Waals surface area (Å²) in [6.45, 7) is 3.25. The summed E-state index contributed by atoms with van der Waals surface area (Å²) in [5, 5.41) is 9.51. The van der Waals surface area contributed by atoms with E-state index in [1.165, 1.54) is 25.0 Å². The van der Waals surface area contributed by atoms with Crippen LogP contribution in [0.3, 0.4) is 0 Å². The van der Waals surface area contributed by atoms with Crippen LogP contribution in [0.2, 0.25) is 0 Å². The fourth-order valence-electron chi connectivity index (χ4n) is 2.99. The molecule has 0 bridgehead atoms. The first kappa shape index (κ1) is 20.4. The molecule has 0 radical (unpaired) electrons. The standard InChI is InChI=1S/C19H24F3N5S/c1-23-17(25-12-14-4-6-15(7-5-14)19(20,21)22)24-9-8-16-13-28-18(26-16)27-10-2-3-11-27/h4-7,13H,2-3,8-12H2,1H3,(H2,23,24,25). The Balaban J connectivity index is 1.42. The normalized spacial score (nSPS) is 15.1. The highest BCUT2D eigenvalue weighted by Crippen LogP contribution is 2.29.